The molecule has 1 aromatic carbocycles. The Morgan fingerprint density at radius 2 is 2.00 bits per heavy atom. The number of hydrogen-bond acceptors (Lipinski definition) is 5. The number of methoxy groups -OCH3 is 1. The average molecular weight is 300 g/mol. The lowest BCUT2D eigenvalue weighted by Crippen LogP contribution is -2.31. The lowest BCUT2D eigenvalue weighted by Gasteiger charge is -2.13. The summed E-state index contributed by atoms with van der Waals surface area (Å²) in [5, 5.41) is 2.73. The smallest absolute Gasteiger partial charge is 0.255 e. The van der Waals surface area contributed by atoms with Crippen molar-refractivity contribution < 1.29 is 17.9 Å². The summed E-state index contributed by atoms with van der Waals surface area (Å²) >= 11 is 0. The molecule has 1 aromatic rings. The first kappa shape index (κ1) is 16.5. The lowest BCUT2D eigenvalue weighted by molar-refractivity contribution is 0.0948. The molecule has 1 N–H and O–H groups in total. The van der Waals surface area contributed by atoms with Crippen molar-refractivity contribution in [3.05, 3.63) is 23.8 Å². The number of carbonyl (C=O) groups excluding carboxylic acids is 1. The molecular formula is C13H20N2O4S. The van der Waals surface area contributed by atoms with Gasteiger partial charge >= 0.3 is 0 Å². The molecule has 0 radical (unpaired) electrons. The minimum Gasteiger partial charge on any atom is -0.496 e. The second-order valence-corrected chi connectivity index (χ2v) is 6.71. The highest BCUT2D eigenvalue weighted by Crippen LogP contribution is 2.22. The molecule has 0 aliphatic carbocycles. The molecule has 0 fully saturated rings. The van der Waals surface area contributed by atoms with Gasteiger partial charge in [0.25, 0.3) is 5.91 Å². The molecule has 0 saturated heterocycles. The number of nitrogens with zero attached hydrogens (tertiary/aromatic N) is 1. The molecule has 0 bridgehead atoms. The molecule has 0 aromatic heterocycles. The Hall–Kier alpha value is -1.60. The van der Waals surface area contributed by atoms with E-state index in [1.165, 1.54) is 25.3 Å². The summed E-state index contributed by atoms with van der Waals surface area (Å²) in [7, 11) is 1.87. The highest BCUT2D eigenvalue weighted by molar-refractivity contribution is 7.90. The summed E-state index contributed by atoms with van der Waals surface area (Å²) in [6.07, 6.45) is 1.10. The number of likely N-dealkylation sites (N-methyl/N-ethyl adjacent to an activating group) is 1. The van der Waals surface area contributed by atoms with Crippen LogP contribution in [0, 0.1) is 0 Å². The zero-order valence-corrected chi connectivity index (χ0v) is 13.0. The van der Waals surface area contributed by atoms with Crippen LogP contribution in [0.1, 0.15) is 10.4 Å². The van der Waals surface area contributed by atoms with E-state index in [1.807, 2.05) is 19.0 Å². The third-order valence-electron chi connectivity index (χ3n) is 2.69. The minimum absolute atomic E-state index is 0.0936. The van der Waals surface area contributed by atoms with E-state index in [1.54, 1.807) is 0 Å². The van der Waals surface area contributed by atoms with Crippen molar-refractivity contribution in [3.63, 3.8) is 0 Å². The van der Waals surface area contributed by atoms with Gasteiger partial charge in [0, 0.05) is 19.3 Å². The second-order valence-electron chi connectivity index (χ2n) is 4.69. The van der Waals surface area contributed by atoms with Crippen LogP contribution in [-0.4, -0.2) is 59.8 Å². The van der Waals surface area contributed by atoms with Crippen molar-refractivity contribution in [2.75, 3.05) is 40.6 Å². The van der Waals surface area contributed by atoms with E-state index in [-0.39, 0.29) is 16.4 Å². The van der Waals surface area contributed by atoms with Crippen molar-refractivity contribution in [2.45, 2.75) is 4.90 Å². The second kappa shape index (κ2) is 6.71. The fourth-order valence-corrected chi connectivity index (χ4v) is 2.23. The van der Waals surface area contributed by atoms with Crippen molar-refractivity contribution in [1.29, 1.82) is 0 Å². The first-order valence-electron chi connectivity index (χ1n) is 6.06. The molecule has 112 valence electrons. The van der Waals surface area contributed by atoms with Crippen LogP contribution in [0.3, 0.4) is 0 Å². The molecule has 0 heterocycles. The Balaban J connectivity index is 2.99. The van der Waals surface area contributed by atoms with Crippen LogP contribution >= 0.6 is 0 Å². The molecule has 0 aliphatic heterocycles. The number of benzene rings is 1. The van der Waals surface area contributed by atoms with Gasteiger partial charge in [-0.25, -0.2) is 8.42 Å². The van der Waals surface area contributed by atoms with E-state index in [4.69, 9.17) is 4.74 Å². The summed E-state index contributed by atoms with van der Waals surface area (Å²) in [6, 6.07) is 4.24. The SMILES string of the molecule is COc1ccc(S(C)(=O)=O)cc1C(=O)NCCN(C)C. The Kier molecular flexibility index (Phi) is 5.52. The summed E-state index contributed by atoms with van der Waals surface area (Å²) in [4.78, 5) is 14.1. The van der Waals surface area contributed by atoms with E-state index in [9.17, 15) is 13.2 Å². The normalized spacial score (nSPS) is 11.4. The van der Waals surface area contributed by atoms with Gasteiger partial charge in [0.15, 0.2) is 9.84 Å². The topological polar surface area (TPSA) is 75.7 Å². The summed E-state index contributed by atoms with van der Waals surface area (Å²) < 4.78 is 28.2. The van der Waals surface area contributed by atoms with Crippen molar-refractivity contribution in [3.8, 4) is 5.75 Å². The summed E-state index contributed by atoms with van der Waals surface area (Å²) in [6.45, 7) is 1.16. The number of carbonyl (C=O) groups is 1. The maximum absolute atomic E-state index is 12.1. The van der Waals surface area contributed by atoms with Gasteiger partial charge in [-0.15, -0.1) is 0 Å². The standard InChI is InChI=1S/C13H20N2O4S/c1-15(2)8-7-14-13(16)11-9-10(20(4,17)18)5-6-12(11)19-3/h5-6,9H,7-8H2,1-4H3,(H,14,16). The third-order valence-corrected chi connectivity index (χ3v) is 3.80. The summed E-state index contributed by atoms with van der Waals surface area (Å²) in [5.74, 6) is -0.00560. The molecule has 6 nitrogen and oxygen atoms in total. The zero-order valence-electron chi connectivity index (χ0n) is 12.1. The van der Waals surface area contributed by atoms with E-state index < -0.39 is 9.84 Å². The van der Waals surface area contributed by atoms with Crippen LogP contribution in [0.25, 0.3) is 0 Å². The van der Waals surface area contributed by atoms with Crippen LogP contribution in [0.2, 0.25) is 0 Å². The first-order valence-corrected chi connectivity index (χ1v) is 7.96. The summed E-state index contributed by atoms with van der Waals surface area (Å²) in [5.41, 5.74) is 0.217. The molecule has 0 aliphatic rings. The van der Waals surface area contributed by atoms with Crippen molar-refractivity contribution in [2.24, 2.45) is 0 Å². The Bertz CT molecular complexity index is 582. The minimum atomic E-state index is -3.36. The van der Waals surface area contributed by atoms with Gasteiger partial charge in [0.2, 0.25) is 0 Å². The first-order chi connectivity index (χ1) is 9.25. The maximum Gasteiger partial charge on any atom is 0.255 e. The van der Waals surface area contributed by atoms with E-state index in [0.717, 1.165) is 6.26 Å². The molecule has 1 amide bonds. The molecule has 0 unspecified atom stereocenters. The number of sulfone groups is 1. The van der Waals surface area contributed by atoms with Gasteiger partial charge in [0.05, 0.1) is 17.6 Å². The predicted molar refractivity (Wildman–Crippen MR) is 77.0 cm³/mol. The molecule has 20 heavy (non-hydrogen) atoms. The van der Waals surface area contributed by atoms with Gasteiger partial charge in [-0.3, -0.25) is 4.79 Å². The van der Waals surface area contributed by atoms with Crippen molar-refractivity contribution >= 4 is 15.7 Å². The number of ether oxygens (including phenoxy) is 1. The molecule has 7 heteroatoms. The van der Waals surface area contributed by atoms with Crippen LogP contribution < -0.4 is 10.1 Å². The van der Waals surface area contributed by atoms with Crippen LogP contribution in [-0.2, 0) is 9.84 Å². The lowest BCUT2D eigenvalue weighted by atomic mass is 10.2. The zero-order chi connectivity index (χ0) is 15.3. The van der Waals surface area contributed by atoms with Gasteiger partial charge < -0.3 is 15.0 Å². The number of rotatable bonds is 6. The number of nitrogens with one attached hydrogen (secondary N) is 1. The highest BCUT2D eigenvalue weighted by Gasteiger charge is 2.16. The predicted octanol–water partition coefficient (Wildman–Crippen LogP) is 0.390. The Morgan fingerprint density at radius 3 is 2.50 bits per heavy atom. The average Bonchev–Trinajstić information content (AvgIpc) is 2.36. The third kappa shape index (κ3) is 4.50. The fourth-order valence-electron chi connectivity index (χ4n) is 1.58. The van der Waals surface area contributed by atoms with Crippen LogP contribution in [0.15, 0.2) is 23.1 Å². The maximum atomic E-state index is 12.1. The monoisotopic (exact) mass is 300 g/mol. The van der Waals surface area contributed by atoms with Gasteiger partial charge in [-0.1, -0.05) is 0 Å². The quantitative estimate of drug-likeness (QED) is 0.822. The molecular weight excluding hydrogens is 280 g/mol. The van der Waals surface area contributed by atoms with E-state index in [0.29, 0.717) is 18.8 Å². The largest absolute Gasteiger partial charge is 0.496 e. The van der Waals surface area contributed by atoms with E-state index >= 15 is 0 Å². The molecule has 0 spiro atoms. The van der Waals surface area contributed by atoms with Gasteiger partial charge in [0.1, 0.15) is 5.75 Å². The molecule has 0 atom stereocenters. The highest BCUT2D eigenvalue weighted by atomic mass is 32.2. The Morgan fingerprint density at radius 1 is 1.35 bits per heavy atom. The Labute approximate surface area is 119 Å². The number of amides is 1. The van der Waals surface area contributed by atoms with Crippen LogP contribution in [0.4, 0.5) is 0 Å². The number of hydrogen-bond donors (Lipinski definition) is 1. The molecule has 1 rings (SSSR count). The molecule has 0 saturated carbocycles. The van der Waals surface area contributed by atoms with E-state index in [2.05, 4.69) is 5.32 Å². The van der Waals surface area contributed by atoms with Crippen LogP contribution in [0.5, 0.6) is 5.75 Å². The van der Waals surface area contributed by atoms with Gasteiger partial charge in [-0.2, -0.15) is 0 Å². The van der Waals surface area contributed by atoms with Crippen molar-refractivity contribution in [1.82, 2.24) is 10.2 Å². The van der Waals surface area contributed by atoms with Gasteiger partial charge in [-0.05, 0) is 32.3 Å². The fraction of sp³-hybridized carbons (Fsp3) is 0.462.